The van der Waals surface area contributed by atoms with Gasteiger partial charge < -0.3 is 9.47 Å². The van der Waals surface area contributed by atoms with Crippen molar-refractivity contribution < 1.29 is 0 Å². The van der Waals surface area contributed by atoms with Crippen LogP contribution < -0.4 is 4.90 Å². The van der Waals surface area contributed by atoms with Crippen molar-refractivity contribution in [3.05, 3.63) is 205 Å². The Kier molecular flexibility index (Phi) is 7.52. The Morgan fingerprint density at radius 2 is 0.917 bits per heavy atom. The van der Waals surface area contributed by atoms with Gasteiger partial charge in [-0.1, -0.05) is 133 Å². The lowest BCUT2D eigenvalue weighted by Crippen LogP contribution is -2.55. The fourth-order valence-corrected chi connectivity index (χ4v) is 13.0. The molecule has 0 aliphatic heterocycles. The molecule has 14 rings (SSSR count). The smallest absolute Gasteiger partial charge is 0.0541 e. The van der Waals surface area contributed by atoms with E-state index in [1.165, 1.54) is 110 Å². The van der Waals surface area contributed by atoms with E-state index in [4.69, 9.17) is 0 Å². The van der Waals surface area contributed by atoms with E-state index < -0.39 is 0 Å². The molecule has 1 heterocycles. The fourth-order valence-electron chi connectivity index (χ4n) is 13.0. The summed E-state index contributed by atoms with van der Waals surface area (Å²) in [4.78, 5) is 2.51. The highest BCUT2D eigenvalue weighted by molar-refractivity contribution is 6.09. The molecule has 0 atom stereocenters. The summed E-state index contributed by atoms with van der Waals surface area (Å²) in [5.74, 6) is 3.28. The minimum absolute atomic E-state index is 0.113. The third-order valence-corrected chi connectivity index (χ3v) is 15.2. The molecule has 0 unspecified atom stereocenters. The average molecular weight is 771 g/mol. The Bertz CT molecular complexity index is 3020. The lowest BCUT2D eigenvalue weighted by atomic mass is 9.43. The quantitative estimate of drug-likeness (QED) is 0.163. The van der Waals surface area contributed by atoms with E-state index in [1.54, 1.807) is 11.1 Å². The second-order valence-corrected chi connectivity index (χ2v) is 18.2. The summed E-state index contributed by atoms with van der Waals surface area (Å²) in [6, 6.07) is 72.7. The van der Waals surface area contributed by atoms with Gasteiger partial charge in [-0.15, -0.1) is 0 Å². The predicted octanol–water partition coefficient (Wildman–Crippen LogP) is 15.3. The summed E-state index contributed by atoms with van der Waals surface area (Å²) < 4.78 is 2.39. The van der Waals surface area contributed by atoms with Crippen molar-refractivity contribution in [1.29, 1.82) is 0 Å². The summed E-state index contributed by atoms with van der Waals surface area (Å²) in [7, 11) is 0. The molecular weight excluding hydrogens is 725 g/mol. The highest BCUT2D eigenvalue weighted by Crippen LogP contribution is 2.69. The van der Waals surface area contributed by atoms with Crippen LogP contribution in [-0.4, -0.2) is 4.57 Å². The maximum atomic E-state index is 2.62. The number of fused-ring (bicyclic) bond motifs is 6. The molecule has 4 fully saturated rings. The number of benzene rings is 8. The minimum atomic E-state index is 0.113. The molecule has 288 valence electrons. The maximum absolute atomic E-state index is 2.62. The molecule has 5 aliphatic rings. The molecule has 2 nitrogen and oxygen atoms in total. The number of hydrogen-bond acceptors (Lipinski definition) is 1. The standard InChI is InChI=1S/C58H46N2/c1-2-11-40(12-3-1)43-13-10-14-48(36-43)59(49-29-30-51-50-15-4-7-18-54(50)58(55(51)37-49)44-32-38-31-39(34-44)35-45(58)33-38)46-25-21-41(22-26-46)42-23-27-47(28-24-42)60-56-19-8-5-16-52(56)53-17-6-9-20-57(53)60/h1-30,36-39,44-45H,31-35H2/t38-,39?,44-,45+,58-. The SMILES string of the molecule is c1ccc(-c2cccc(N(c3ccc(-c4ccc(-n5c6ccccc6c6ccccc65)cc4)cc3)c3ccc4c(c3)[C@]3(c5ccccc5-4)[C@H]4CC5C[C@H](C4)C[C@H]3C5)c2)cc1. The number of nitrogens with zero attached hydrogens (tertiary/aromatic N) is 2. The van der Waals surface area contributed by atoms with Crippen LogP contribution in [0.1, 0.15) is 43.2 Å². The van der Waals surface area contributed by atoms with Crippen molar-refractivity contribution in [2.45, 2.75) is 37.5 Å². The van der Waals surface area contributed by atoms with E-state index in [2.05, 4.69) is 204 Å². The van der Waals surface area contributed by atoms with E-state index in [0.717, 1.165) is 23.7 Å². The summed E-state index contributed by atoms with van der Waals surface area (Å²) in [5.41, 5.74) is 18.3. The van der Waals surface area contributed by atoms with Gasteiger partial charge in [0.05, 0.1) is 11.0 Å². The molecule has 8 aromatic carbocycles. The zero-order valence-corrected chi connectivity index (χ0v) is 33.7. The van der Waals surface area contributed by atoms with Gasteiger partial charge in [0, 0.05) is 38.9 Å². The van der Waals surface area contributed by atoms with Gasteiger partial charge in [0.15, 0.2) is 0 Å². The molecule has 1 spiro atoms. The van der Waals surface area contributed by atoms with E-state index in [9.17, 15) is 0 Å². The number of para-hydroxylation sites is 2. The molecule has 0 saturated heterocycles. The second-order valence-electron chi connectivity index (χ2n) is 18.2. The number of aromatic nitrogens is 1. The van der Waals surface area contributed by atoms with Crippen molar-refractivity contribution in [3.8, 4) is 39.1 Å². The first-order valence-corrected chi connectivity index (χ1v) is 22.1. The Hall–Kier alpha value is -6.64. The van der Waals surface area contributed by atoms with Crippen LogP contribution in [0.2, 0.25) is 0 Å². The Balaban J connectivity index is 0.917. The van der Waals surface area contributed by atoms with Crippen LogP contribution >= 0.6 is 0 Å². The van der Waals surface area contributed by atoms with Crippen molar-refractivity contribution >= 4 is 38.9 Å². The highest BCUT2D eigenvalue weighted by atomic mass is 15.1. The molecule has 0 amide bonds. The Morgan fingerprint density at radius 3 is 1.62 bits per heavy atom. The number of anilines is 3. The largest absolute Gasteiger partial charge is 0.310 e. The molecule has 5 aliphatic carbocycles. The fraction of sp³-hybridized carbons (Fsp3) is 0.172. The van der Waals surface area contributed by atoms with Crippen molar-refractivity contribution in [2.75, 3.05) is 4.90 Å². The molecule has 0 N–H and O–H groups in total. The first-order chi connectivity index (χ1) is 29.7. The molecule has 4 saturated carbocycles. The second kappa shape index (κ2) is 13.2. The van der Waals surface area contributed by atoms with Crippen molar-refractivity contribution in [2.24, 2.45) is 23.7 Å². The summed E-state index contributed by atoms with van der Waals surface area (Å²) in [5, 5.41) is 2.57. The molecule has 2 heteroatoms. The van der Waals surface area contributed by atoms with Gasteiger partial charge in [-0.25, -0.2) is 0 Å². The summed E-state index contributed by atoms with van der Waals surface area (Å²) in [6.45, 7) is 0. The van der Waals surface area contributed by atoms with E-state index in [1.807, 2.05) is 0 Å². The van der Waals surface area contributed by atoms with Gasteiger partial charge in [0.2, 0.25) is 0 Å². The molecule has 1 aromatic heterocycles. The van der Waals surface area contributed by atoms with Crippen molar-refractivity contribution in [3.63, 3.8) is 0 Å². The zero-order valence-electron chi connectivity index (χ0n) is 33.7. The van der Waals surface area contributed by atoms with Crippen LogP contribution in [0, 0.1) is 23.7 Å². The first kappa shape index (κ1) is 34.2. The molecule has 4 bridgehead atoms. The van der Waals surface area contributed by atoms with Gasteiger partial charge in [0.25, 0.3) is 0 Å². The zero-order chi connectivity index (χ0) is 39.4. The molecule has 0 radical (unpaired) electrons. The normalized spacial score (nSPS) is 22.1. The van der Waals surface area contributed by atoms with Gasteiger partial charge in [-0.05, 0) is 161 Å². The van der Waals surface area contributed by atoms with E-state index in [0.29, 0.717) is 0 Å². The van der Waals surface area contributed by atoms with Crippen LogP contribution in [0.5, 0.6) is 0 Å². The molecule has 9 aromatic rings. The third kappa shape index (κ3) is 5.00. The monoisotopic (exact) mass is 770 g/mol. The van der Waals surface area contributed by atoms with Gasteiger partial charge in [-0.2, -0.15) is 0 Å². The Labute approximate surface area is 352 Å². The van der Waals surface area contributed by atoms with Crippen molar-refractivity contribution in [1.82, 2.24) is 4.57 Å². The van der Waals surface area contributed by atoms with E-state index in [-0.39, 0.29) is 5.41 Å². The first-order valence-electron chi connectivity index (χ1n) is 22.1. The Morgan fingerprint density at radius 1 is 0.383 bits per heavy atom. The predicted molar refractivity (Wildman–Crippen MR) is 250 cm³/mol. The minimum Gasteiger partial charge on any atom is -0.310 e. The van der Waals surface area contributed by atoms with E-state index >= 15 is 0 Å². The molecular formula is C58H46N2. The van der Waals surface area contributed by atoms with Crippen LogP contribution in [0.15, 0.2) is 194 Å². The topological polar surface area (TPSA) is 8.17 Å². The van der Waals surface area contributed by atoms with Crippen LogP contribution in [0.3, 0.4) is 0 Å². The maximum Gasteiger partial charge on any atom is 0.0541 e. The molecule has 60 heavy (non-hydrogen) atoms. The lowest BCUT2D eigenvalue weighted by Gasteiger charge is -2.61. The van der Waals surface area contributed by atoms with Gasteiger partial charge in [0.1, 0.15) is 0 Å². The number of hydrogen-bond donors (Lipinski definition) is 0. The van der Waals surface area contributed by atoms with Gasteiger partial charge in [-0.3, -0.25) is 0 Å². The summed E-state index contributed by atoms with van der Waals surface area (Å²) in [6.07, 6.45) is 7.00. The summed E-state index contributed by atoms with van der Waals surface area (Å²) >= 11 is 0. The lowest BCUT2D eigenvalue weighted by molar-refractivity contribution is -0.0399. The van der Waals surface area contributed by atoms with Crippen LogP contribution in [0.25, 0.3) is 60.9 Å². The average Bonchev–Trinajstić information content (AvgIpc) is 3.79. The van der Waals surface area contributed by atoms with Crippen LogP contribution in [0.4, 0.5) is 17.1 Å². The highest BCUT2D eigenvalue weighted by Gasteiger charge is 2.61. The third-order valence-electron chi connectivity index (χ3n) is 15.2. The number of rotatable bonds is 6. The van der Waals surface area contributed by atoms with Crippen LogP contribution in [-0.2, 0) is 5.41 Å². The van der Waals surface area contributed by atoms with Gasteiger partial charge >= 0.3 is 0 Å².